The Morgan fingerprint density at radius 2 is 1.77 bits per heavy atom. The van der Waals surface area contributed by atoms with E-state index in [-0.39, 0.29) is 19.0 Å². The summed E-state index contributed by atoms with van der Waals surface area (Å²) in [5, 5.41) is 17.0. The van der Waals surface area contributed by atoms with Gasteiger partial charge in [0.1, 0.15) is 30.6 Å². The quantitative estimate of drug-likeness (QED) is 0.455. The molecule has 1 unspecified atom stereocenters. The van der Waals surface area contributed by atoms with Gasteiger partial charge in [-0.2, -0.15) is 5.10 Å². The first kappa shape index (κ1) is 26.2. The van der Waals surface area contributed by atoms with Crippen LogP contribution in [0.5, 0.6) is 0 Å². The Morgan fingerprint density at radius 3 is 2.41 bits per heavy atom. The van der Waals surface area contributed by atoms with Crippen LogP contribution in [0.3, 0.4) is 0 Å². The first-order chi connectivity index (χ1) is 18.6. The van der Waals surface area contributed by atoms with Crippen molar-refractivity contribution >= 4 is 47.0 Å². The number of halogens is 1. The average Bonchev–Trinajstić information content (AvgIpc) is 3.64. The molecule has 1 aliphatic heterocycles. The van der Waals surface area contributed by atoms with Crippen molar-refractivity contribution in [2.75, 3.05) is 23.3 Å². The number of aliphatic carboxylic acids is 1. The molecular weight excluding hydrogens is 526 g/mol. The maximum atomic E-state index is 12.8. The highest BCUT2D eigenvalue weighted by Crippen LogP contribution is 2.43. The summed E-state index contributed by atoms with van der Waals surface area (Å²) in [6, 6.07) is 14.0. The van der Waals surface area contributed by atoms with Crippen molar-refractivity contribution < 1.29 is 29.0 Å². The lowest BCUT2D eigenvalue weighted by Crippen LogP contribution is -2.60. The summed E-state index contributed by atoms with van der Waals surface area (Å²) in [5.74, 6) is -1.43. The van der Waals surface area contributed by atoms with Gasteiger partial charge in [0.15, 0.2) is 0 Å². The van der Waals surface area contributed by atoms with Crippen LogP contribution in [-0.2, 0) is 26.2 Å². The van der Waals surface area contributed by atoms with E-state index < -0.39 is 29.6 Å². The summed E-state index contributed by atoms with van der Waals surface area (Å²) in [6.07, 6.45) is 1.03. The van der Waals surface area contributed by atoms with E-state index in [0.717, 1.165) is 0 Å². The number of benzene rings is 2. The molecule has 0 radical (unpaired) electrons. The van der Waals surface area contributed by atoms with E-state index in [1.165, 1.54) is 14.5 Å². The highest BCUT2D eigenvalue weighted by atomic mass is 35.5. The smallest absolute Gasteiger partial charge is 0.413 e. The number of carboxylic acid groups (broad SMARTS) is 1. The van der Waals surface area contributed by atoms with Crippen LogP contribution in [-0.4, -0.2) is 62.3 Å². The minimum atomic E-state index is -1.25. The number of rotatable bonds is 7. The molecule has 1 aliphatic carbocycles. The van der Waals surface area contributed by atoms with Crippen LogP contribution in [0.2, 0.25) is 5.02 Å². The first-order valence-electron chi connectivity index (χ1n) is 12.3. The van der Waals surface area contributed by atoms with Crippen molar-refractivity contribution in [2.45, 2.75) is 31.4 Å². The molecule has 1 saturated heterocycles. The van der Waals surface area contributed by atoms with Gasteiger partial charge in [0.05, 0.1) is 6.20 Å². The summed E-state index contributed by atoms with van der Waals surface area (Å²) >= 11 is 6.21. The first-order valence-corrected chi connectivity index (χ1v) is 12.7. The number of ether oxygens (including phenoxy) is 1. The molecule has 0 bridgehead atoms. The number of piperazine rings is 1. The Labute approximate surface area is 228 Å². The minimum Gasteiger partial charge on any atom is -0.479 e. The fourth-order valence-corrected chi connectivity index (χ4v) is 5.02. The Hall–Kier alpha value is -4.38. The van der Waals surface area contributed by atoms with Crippen LogP contribution in [0.4, 0.5) is 16.3 Å². The molecule has 202 valence electrons. The molecule has 3 amide bonds. The number of carbonyl (C=O) groups is 4. The Morgan fingerprint density at radius 1 is 1.08 bits per heavy atom. The molecule has 5 rings (SSSR count). The molecule has 11 nitrogen and oxygen atoms in total. The molecule has 0 spiro atoms. The van der Waals surface area contributed by atoms with Crippen LogP contribution in [0, 0.1) is 0 Å². The van der Waals surface area contributed by atoms with Gasteiger partial charge >= 0.3 is 12.1 Å². The second-order valence-electron chi connectivity index (χ2n) is 9.57. The second-order valence-corrected chi connectivity index (χ2v) is 9.98. The molecule has 2 N–H and O–H groups in total. The van der Waals surface area contributed by atoms with Gasteiger partial charge in [-0.1, -0.05) is 41.9 Å². The molecule has 2 aromatic carbocycles. The van der Waals surface area contributed by atoms with Crippen LogP contribution in [0.25, 0.3) is 11.1 Å². The van der Waals surface area contributed by atoms with E-state index in [0.29, 0.717) is 46.1 Å². The lowest BCUT2D eigenvalue weighted by Gasteiger charge is -2.37. The number of carboxylic acids is 1. The largest absolute Gasteiger partial charge is 0.479 e. The molecule has 39 heavy (non-hydrogen) atoms. The lowest BCUT2D eigenvalue weighted by atomic mass is 10.1. The molecule has 1 aromatic heterocycles. The summed E-state index contributed by atoms with van der Waals surface area (Å²) < 4.78 is 7.02. The summed E-state index contributed by atoms with van der Waals surface area (Å²) in [4.78, 5) is 52.4. The van der Waals surface area contributed by atoms with Crippen LogP contribution in [0.1, 0.15) is 31.4 Å². The Kier molecular flexibility index (Phi) is 6.77. The number of nitrogens with one attached hydrogen (secondary N) is 1. The number of hydrogen-bond donors (Lipinski definition) is 2. The van der Waals surface area contributed by atoms with Gasteiger partial charge < -0.3 is 19.6 Å². The van der Waals surface area contributed by atoms with Crippen LogP contribution >= 0.6 is 11.6 Å². The van der Waals surface area contributed by atoms with Crippen molar-refractivity contribution in [3.05, 3.63) is 65.3 Å². The Balaban J connectivity index is 1.28. The summed E-state index contributed by atoms with van der Waals surface area (Å²) in [5.41, 5.74) is 1.26. The van der Waals surface area contributed by atoms with E-state index in [2.05, 4.69) is 10.4 Å². The fourth-order valence-electron chi connectivity index (χ4n) is 4.73. The molecule has 3 aromatic rings. The van der Waals surface area contributed by atoms with Gasteiger partial charge in [-0.15, -0.1) is 0 Å². The van der Waals surface area contributed by atoms with Crippen molar-refractivity contribution in [2.24, 2.45) is 7.05 Å². The average molecular weight is 552 g/mol. The molecule has 12 heteroatoms. The summed E-state index contributed by atoms with van der Waals surface area (Å²) in [6.45, 7) is 1.21. The Bertz CT molecular complexity index is 1470. The molecule has 2 fully saturated rings. The predicted molar refractivity (Wildman–Crippen MR) is 142 cm³/mol. The molecule has 2 heterocycles. The molecular formula is C27H26ClN5O6. The number of hydrogen-bond acceptors (Lipinski definition) is 6. The second kappa shape index (κ2) is 10.1. The van der Waals surface area contributed by atoms with E-state index >= 15 is 0 Å². The van der Waals surface area contributed by atoms with Gasteiger partial charge in [-0.05, 0) is 43.5 Å². The van der Waals surface area contributed by atoms with Crippen LogP contribution < -0.4 is 10.2 Å². The monoisotopic (exact) mass is 551 g/mol. The third kappa shape index (κ3) is 4.92. The zero-order valence-electron chi connectivity index (χ0n) is 21.3. The van der Waals surface area contributed by atoms with E-state index in [4.69, 9.17) is 16.3 Å². The topological polar surface area (TPSA) is 134 Å². The van der Waals surface area contributed by atoms with Gasteiger partial charge in [-0.25, -0.2) is 9.59 Å². The third-order valence-electron chi connectivity index (χ3n) is 7.10. The maximum absolute atomic E-state index is 12.8. The number of amides is 3. The maximum Gasteiger partial charge on any atom is 0.413 e. The van der Waals surface area contributed by atoms with Gasteiger partial charge in [-0.3, -0.25) is 19.6 Å². The van der Waals surface area contributed by atoms with Crippen molar-refractivity contribution in [1.82, 2.24) is 14.7 Å². The minimum absolute atomic E-state index is 0.234. The molecule has 2 aliphatic rings. The van der Waals surface area contributed by atoms with Crippen molar-refractivity contribution in [3.63, 3.8) is 0 Å². The third-order valence-corrected chi connectivity index (χ3v) is 7.45. The summed E-state index contributed by atoms with van der Waals surface area (Å²) in [7, 11) is 1.68. The van der Waals surface area contributed by atoms with Crippen LogP contribution in [0.15, 0.2) is 54.7 Å². The highest BCUT2D eigenvalue weighted by Gasteiger charge is 2.58. The zero-order valence-corrected chi connectivity index (χ0v) is 22.0. The fraction of sp³-hybridized carbons (Fsp3) is 0.296. The number of carbonyl (C=O) groups excluding carboxylic acids is 3. The zero-order chi connectivity index (χ0) is 27.9. The highest BCUT2D eigenvalue weighted by molar-refractivity contribution is 6.31. The van der Waals surface area contributed by atoms with E-state index in [1.54, 1.807) is 62.6 Å². The number of nitrogens with zero attached hydrogens (tertiary/aromatic N) is 4. The van der Waals surface area contributed by atoms with Gasteiger partial charge in [0.2, 0.25) is 11.8 Å². The van der Waals surface area contributed by atoms with Crippen molar-refractivity contribution in [1.29, 1.82) is 0 Å². The van der Waals surface area contributed by atoms with Gasteiger partial charge in [0.25, 0.3) is 0 Å². The predicted octanol–water partition coefficient (Wildman–Crippen LogP) is 3.84. The SMILES string of the molecule is CC(OC(=O)Nc1c(-c2ccc(N3CC(=O)N(C4(C(=O)O)CC4)CC3=O)cc2)cnn1C)c1ccccc1Cl. The van der Waals surface area contributed by atoms with E-state index in [9.17, 15) is 24.3 Å². The van der Waals surface area contributed by atoms with Crippen molar-refractivity contribution in [3.8, 4) is 11.1 Å². The van der Waals surface area contributed by atoms with E-state index in [1.807, 2.05) is 6.07 Å². The molecule has 1 atom stereocenters. The molecule has 1 saturated carbocycles. The number of aromatic nitrogens is 2. The number of aryl methyl sites for hydroxylation is 1. The standard InChI is InChI=1S/C27H26ClN5O6/c1-16(19-5-3-4-6-21(19)28)39-26(38)30-24-20(13-29-31(24)2)17-7-9-18(10-8-17)32-14-23(35)33(15-22(32)34)27(11-12-27)25(36)37/h3-10,13,16H,11-12,14-15H2,1-2H3,(H,30,38)(H,36,37). The van der Waals surface area contributed by atoms with Gasteiger partial charge in [0, 0.05) is 28.9 Å². The lowest BCUT2D eigenvalue weighted by molar-refractivity contribution is -0.154. The normalized spacial score (nSPS) is 17.1. The number of anilines is 2.